The topological polar surface area (TPSA) is 41.1 Å². The highest BCUT2D eigenvalue weighted by molar-refractivity contribution is 5.95. The van der Waals surface area contributed by atoms with Gasteiger partial charge in [-0.3, -0.25) is 10.2 Å². The summed E-state index contributed by atoms with van der Waals surface area (Å²) in [6.45, 7) is 7.90. The molecule has 0 atom stereocenters. The highest BCUT2D eigenvalue weighted by atomic mass is 16.2. The van der Waals surface area contributed by atoms with Crippen molar-refractivity contribution >= 4 is 5.91 Å². The van der Waals surface area contributed by atoms with Crippen molar-refractivity contribution in [2.45, 2.75) is 33.2 Å². The second-order valence-electron chi connectivity index (χ2n) is 4.64. The Labute approximate surface area is 90.9 Å². The lowest BCUT2D eigenvalue weighted by atomic mass is 10.1. The number of carbonyl (C=O) groups is 1. The van der Waals surface area contributed by atoms with Gasteiger partial charge in [0.25, 0.3) is 5.91 Å². The molecule has 1 rings (SSSR count). The number of hydrazine groups is 1. The van der Waals surface area contributed by atoms with Crippen LogP contribution in [0.2, 0.25) is 0 Å². The number of carbonyl (C=O) groups excluding carboxylic acids is 1. The van der Waals surface area contributed by atoms with E-state index in [0.29, 0.717) is 5.56 Å². The van der Waals surface area contributed by atoms with E-state index >= 15 is 0 Å². The first kappa shape index (κ1) is 11.7. The Morgan fingerprint density at radius 3 is 2.33 bits per heavy atom. The molecule has 0 unspecified atom stereocenters. The number of rotatable bonds is 2. The SMILES string of the molecule is Cc1ccccc1C(=O)NNC(C)(C)C. The van der Waals surface area contributed by atoms with Crippen molar-refractivity contribution in [2.75, 3.05) is 0 Å². The zero-order valence-corrected chi connectivity index (χ0v) is 9.72. The molecule has 1 aromatic rings. The summed E-state index contributed by atoms with van der Waals surface area (Å²) in [5.74, 6) is -0.0944. The van der Waals surface area contributed by atoms with E-state index in [4.69, 9.17) is 0 Å². The molecule has 0 aliphatic heterocycles. The van der Waals surface area contributed by atoms with E-state index in [0.717, 1.165) is 5.56 Å². The number of hydrogen-bond donors (Lipinski definition) is 2. The van der Waals surface area contributed by atoms with Gasteiger partial charge in [0.2, 0.25) is 0 Å². The largest absolute Gasteiger partial charge is 0.287 e. The van der Waals surface area contributed by atoms with Crippen LogP contribution in [0.3, 0.4) is 0 Å². The molecule has 0 fully saturated rings. The molecule has 0 bridgehead atoms. The molecule has 0 radical (unpaired) electrons. The summed E-state index contributed by atoms with van der Waals surface area (Å²) in [5.41, 5.74) is 7.19. The van der Waals surface area contributed by atoms with Crippen molar-refractivity contribution in [2.24, 2.45) is 0 Å². The minimum Gasteiger partial charge on any atom is -0.287 e. The van der Waals surface area contributed by atoms with Gasteiger partial charge < -0.3 is 0 Å². The first-order valence-electron chi connectivity index (χ1n) is 5.03. The molecule has 15 heavy (non-hydrogen) atoms. The number of amides is 1. The molecule has 0 spiro atoms. The van der Waals surface area contributed by atoms with Gasteiger partial charge >= 0.3 is 0 Å². The van der Waals surface area contributed by atoms with Crippen LogP contribution in [0.1, 0.15) is 36.7 Å². The van der Waals surface area contributed by atoms with Crippen molar-refractivity contribution in [1.29, 1.82) is 0 Å². The molecular formula is C12H18N2O. The number of aryl methyl sites for hydroxylation is 1. The molecule has 0 saturated heterocycles. The lowest BCUT2D eigenvalue weighted by molar-refractivity contribution is 0.0914. The lowest BCUT2D eigenvalue weighted by Crippen LogP contribution is -2.48. The van der Waals surface area contributed by atoms with Crippen LogP contribution in [0.4, 0.5) is 0 Å². The summed E-state index contributed by atoms with van der Waals surface area (Å²) in [7, 11) is 0. The van der Waals surface area contributed by atoms with E-state index in [1.807, 2.05) is 52.0 Å². The van der Waals surface area contributed by atoms with Gasteiger partial charge in [-0.15, -0.1) is 0 Å². The fourth-order valence-corrected chi connectivity index (χ4v) is 1.14. The molecule has 1 aromatic carbocycles. The minimum atomic E-state index is -0.127. The average molecular weight is 206 g/mol. The summed E-state index contributed by atoms with van der Waals surface area (Å²) in [6, 6.07) is 7.52. The monoisotopic (exact) mass is 206 g/mol. The van der Waals surface area contributed by atoms with Crippen LogP contribution >= 0.6 is 0 Å². The molecule has 1 amide bonds. The number of hydrogen-bond acceptors (Lipinski definition) is 2. The van der Waals surface area contributed by atoms with E-state index in [-0.39, 0.29) is 11.4 Å². The summed E-state index contributed by atoms with van der Waals surface area (Å²) < 4.78 is 0. The third-order valence-corrected chi connectivity index (χ3v) is 1.94. The fourth-order valence-electron chi connectivity index (χ4n) is 1.14. The maximum absolute atomic E-state index is 11.7. The molecule has 0 aromatic heterocycles. The quantitative estimate of drug-likeness (QED) is 0.727. The predicted octanol–water partition coefficient (Wildman–Crippen LogP) is 2.03. The highest BCUT2D eigenvalue weighted by Crippen LogP contribution is 2.06. The van der Waals surface area contributed by atoms with Gasteiger partial charge in [0.15, 0.2) is 0 Å². The van der Waals surface area contributed by atoms with Crippen LogP contribution in [0, 0.1) is 6.92 Å². The molecule has 0 aliphatic rings. The van der Waals surface area contributed by atoms with Crippen molar-refractivity contribution in [3.05, 3.63) is 35.4 Å². The van der Waals surface area contributed by atoms with Gasteiger partial charge in [-0.1, -0.05) is 18.2 Å². The average Bonchev–Trinajstić information content (AvgIpc) is 2.14. The van der Waals surface area contributed by atoms with Crippen LogP contribution < -0.4 is 10.9 Å². The van der Waals surface area contributed by atoms with Crippen LogP contribution in [0.5, 0.6) is 0 Å². The first-order valence-corrected chi connectivity index (χ1v) is 5.03. The Bertz CT molecular complexity index is 353. The summed E-state index contributed by atoms with van der Waals surface area (Å²) in [6.07, 6.45) is 0. The van der Waals surface area contributed by atoms with Crippen molar-refractivity contribution in [1.82, 2.24) is 10.9 Å². The standard InChI is InChI=1S/C12H18N2O/c1-9-7-5-6-8-10(9)11(15)13-14-12(2,3)4/h5-8,14H,1-4H3,(H,13,15). The minimum absolute atomic E-state index is 0.0944. The van der Waals surface area contributed by atoms with Gasteiger partial charge in [0.1, 0.15) is 0 Å². The Kier molecular flexibility index (Phi) is 3.48. The van der Waals surface area contributed by atoms with Gasteiger partial charge in [0.05, 0.1) is 0 Å². The first-order chi connectivity index (χ1) is 6.90. The Hall–Kier alpha value is -1.35. The number of nitrogens with one attached hydrogen (secondary N) is 2. The predicted molar refractivity (Wildman–Crippen MR) is 61.5 cm³/mol. The van der Waals surface area contributed by atoms with E-state index in [1.165, 1.54) is 0 Å². The summed E-state index contributed by atoms with van der Waals surface area (Å²) in [4.78, 5) is 11.7. The molecule has 82 valence electrons. The summed E-state index contributed by atoms with van der Waals surface area (Å²) >= 11 is 0. The van der Waals surface area contributed by atoms with Crippen LogP contribution in [0.15, 0.2) is 24.3 Å². The van der Waals surface area contributed by atoms with Crippen molar-refractivity contribution < 1.29 is 4.79 Å². The second kappa shape index (κ2) is 4.45. The van der Waals surface area contributed by atoms with E-state index in [2.05, 4.69) is 10.9 Å². The zero-order chi connectivity index (χ0) is 11.5. The maximum atomic E-state index is 11.7. The molecular weight excluding hydrogens is 188 g/mol. The lowest BCUT2D eigenvalue weighted by Gasteiger charge is -2.21. The van der Waals surface area contributed by atoms with Gasteiger partial charge in [-0.05, 0) is 39.3 Å². The molecule has 0 saturated carbocycles. The third-order valence-electron chi connectivity index (χ3n) is 1.94. The third kappa shape index (κ3) is 3.72. The van der Waals surface area contributed by atoms with Crippen LogP contribution in [-0.4, -0.2) is 11.4 Å². The smallest absolute Gasteiger partial charge is 0.265 e. The van der Waals surface area contributed by atoms with Crippen molar-refractivity contribution in [3.63, 3.8) is 0 Å². The van der Waals surface area contributed by atoms with Crippen LogP contribution in [0.25, 0.3) is 0 Å². The van der Waals surface area contributed by atoms with Gasteiger partial charge in [0, 0.05) is 11.1 Å². The van der Waals surface area contributed by atoms with Gasteiger partial charge in [-0.2, -0.15) is 0 Å². The number of benzene rings is 1. The molecule has 3 nitrogen and oxygen atoms in total. The Morgan fingerprint density at radius 1 is 1.20 bits per heavy atom. The maximum Gasteiger partial charge on any atom is 0.265 e. The van der Waals surface area contributed by atoms with Crippen molar-refractivity contribution in [3.8, 4) is 0 Å². The normalized spacial score (nSPS) is 11.2. The van der Waals surface area contributed by atoms with Crippen LogP contribution in [-0.2, 0) is 0 Å². The molecule has 3 heteroatoms. The van der Waals surface area contributed by atoms with E-state index in [1.54, 1.807) is 0 Å². The molecule has 0 heterocycles. The van der Waals surface area contributed by atoms with Gasteiger partial charge in [-0.25, -0.2) is 5.43 Å². The molecule has 2 N–H and O–H groups in total. The zero-order valence-electron chi connectivity index (χ0n) is 9.72. The van der Waals surface area contributed by atoms with E-state index < -0.39 is 0 Å². The fraction of sp³-hybridized carbons (Fsp3) is 0.417. The second-order valence-corrected chi connectivity index (χ2v) is 4.64. The Morgan fingerprint density at radius 2 is 1.80 bits per heavy atom. The molecule has 0 aliphatic carbocycles. The van der Waals surface area contributed by atoms with E-state index in [9.17, 15) is 4.79 Å². The summed E-state index contributed by atoms with van der Waals surface area (Å²) in [5, 5.41) is 0. The Balaban J connectivity index is 2.66. The highest BCUT2D eigenvalue weighted by Gasteiger charge is 2.12.